The number of carbonyl (C=O) groups excluding carboxylic acids is 1. The monoisotopic (exact) mass is 294 g/mol. The fourth-order valence-corrected chi connectivity index (χ4v) is 3.17. The Morgan fingerprint density at radius 3 is 2.40 bits per heavy atom. The zero-order valence-electron chi connectivity index (χ0n) is 10.9. The van der Waals surface area contributed by atoms with Crippen molar-refractivity contribution in [3.63, 3.8) is 0 Å². The van der Waals surface area contributed by atoms with Crippen LogP contribution in [0, 0.1) is 6.92 Å². The first kappa shape index (κ1) is 14.3. The largest absolute Gasteiger partial charge is 0.366 e. The topological polar surface area (TPSA) is 103 Å². The van der Waals surface area contributed by atoms with Crippen molar-refractivity contribution < 1.29 is 17.7 Å². The van der Waals surface area contributed by atoms with Gasteiger partial charge in [0.1, 0.15) is 5.76 Å². The fourth-order valence-electron chi connectivity index (χ4n) is 1.78. The Kier molecular flexibility index (Phi) is 3.89. The Labute approximate surface area is 116 Å². The second-order valence-corrected chi connectivity index (χ2v) is 6.59. The molecule has 0 atom stereocenters. The third-order valence-corrected chi connectivity index (χ3v) is 4.18. The fraction of sp³-hybridized carbons (Fsp3) is 0.231. The summed E-state index contributed by atoms with van der Waals surface area (Å²) in [5.41, 5.74) is 6.44. The Bertz CT molecular complexity index is 717. The molecule has 2 N–H and O–H groups in total. The third kappa shape index (κ3) is 3.67. The highest BCUT2D eigenvalue weighted by molar-refractivity contribution is 7.89. The molecule has 0 unspecified atom stereocenters. The molecule has 0 aliphatic rings. The number of carbonyl (C=O) groups is 1. The first-order valence-corrected chi connectivity index (χ1v) is 7.69. The molecule has 2 rings (SSSR count). The van der Waals surface area contributed by atoms with Crippen LogP contribution in [0.2, 0.25) is 0 Å². The van der Waals surface area contributed by atoms with E-state index in [0.29, 0.717) is 22.6 Å². The van der Waals surface area contributed by atoms with E-state index in [9.17, 15) is 13.2 Å². The van der Waals surface area contributed by atoms with Crippen molar-refractivity contribution in [3.8, 4) is 0 Å². The van der Waals surface area contributed by atoms with Gasteiger partial charge in [-0.25, -0.2) is 8.42 Å². The zero-order valence-corrected chi connectivity index (χ0v) is 11.7. The van der Waals surface area contributed by atoms with Gasteiger partial charge in [-0.1, -0.05) is 17.3 Å². The number of nitrogens with two attached hydrogens (primary N) is 1. The number of hydrogen-bond donors (Lipinski definition) is 1. The van der Waals surface area contributed by atoms with E-state index in [2.05, 4.69) is 5.16 Å². The maximum Gasteiger partial charge on any atom is 0.248 e. The standard InChI is InChI=1S/C13H14N2O4S/c1-9-6-12(15-19-9)8-20(17,18)7-10-2-4-11(5-3-10)13(14)16/h2-6H,7-8H2,1H3,(H2,14,16). The Morgan fingerprint density at radius 1 is 1.25 bits per heavy atom. The van der Waals surface area contributed by atoms with Crippen molar-refractivity contribution in [2.75, 3.05) is 0 Å². The summed E-state index contributed by atoms with van der Waals surface area (Å²) in [6.45, 7) is 1.70. The van der Waals surface area contributed by atoms with Crippen molar-refractivity contribution >= 4 is 15.7 Å². The summed E-state index contributed by atoms with van der Waals surface area (Å²) >= 11 is 0. The van der Waals surface area contributed by atoms with Crippen molar-refractivity contribution in [1.29, 1.82) is 0 Å². The minimum absolute atomic E-state index is 0.127. The molecule has 106 valence electrons. The van der Waals surface area contributed by atoms with Crippen LogP contribution in [-0.4, -0.2) is 19.5 Å². The van der Waals surface area contributed by atoms with E-state index in [1.807, 2.05) is 0 Å². The number of hydrogen-bond acceptors (Lipinski definition) is 5. The molecule has 0 fully saturated rings. The van der Waals surface area contributed by atoms with Crippen LogP contribution in [0.3, 0.4) is 0 Å². The number of nitrogens with zero attached hydrogens (tertiary/aromatic N) is 1. The van der Waals surface area contributed by atoms with Crippen LogP contribution in [0.1, 0.15) is 27.4 Å². The minimum atomic E-state index is -3.35. The summed E-state index contributed by atoms with van der Waals surface area (Å²) in [4.78, 5) is 10.9. The smallest absolute Gasteiger partial charge is 0.248 e. The minimum Gasteiger partial charge on any atom is -0.366 e. The molecule has 1 aromatic carbocycles. The van der Waals surface area contributed by atoms with Gasteiger partial charge in [-0.3, -0.25) is 4.79 Å². The SMILES string of the molecule is Cc1cc(CS(=O)(=O)Cc2ccc(C(N)=O)cc2)no1. The van der Waals surface area contributed by atoms with Crippen molar-refractivity contribution in [3.05, 3.63) is 52.9 Å². The van der Waals surface area contributed by atoms with Crippen molar-refractivity contribution in [1.82, 2.24) is 5.16 Å². The molecule has 0 saturated carbocycles. The van der Waals surface area contributed by atoms with Gasteiger partial charge >= 0.3 is 0 Å². The molecule has 0 spiro atoms. The normalized spacial score (nSPS) is 11.4. The Balaban J connectivity index is 2.09. The molecule has 20 heavy (non-hydrogen) atoms. The van der Waals surface area contributed by atoms with Crippen LogP contribution in [0.25, 0.3) is 0 Å². The first-order chi connectivity index (χ1) is 9.35. The predicted octanol–water partition coefficient (Wildman–Crippen LogP) is 1.20. The average molecular weight is 294 g/mol. The van der Waals surface area contributed by atoms with Crippen LogP contribution >= 0.6 is 0 Å². The van der Waals surface area contributed by atoms with Crippen molar-refractivity contribution in [2.45, 2.75) is 18.4 Å². The molecule has 6 nitrogen and oxygen atoms in total. The van der Waals surface area contributed by atoms with Gasteiger partial charge in [-0.15, -0.1) is 0 Å². The van der Waals surface area contributed by atoms with Gasteiger partial charge in [0.15, 0.2) is 9.84 Å². The molecule has 1 aromatic heterocycles. The molecule has 7 heteroatoms. The van der Waals surface area contributed by atoms with Gasteiger partial charge in [-0.2, -0.15) is 0 Å². The maximum absolute atomic E-state index is 12.0. The lowest BCUT2D eigenvalue weighted by Gasteiger charge is -2.03. The first-order valence-electron chi connectivity index (χ1n) is 5.87. The second-order valence-electron chi connectivity index (χ2n) is 4.52. The lowest BCUT2D eigenvalue weighted by atomic mass is 10.1. The molecular weight excluding hydrogens is 280 g/mol. The average Bonchev–Trinajstić information content (AvgIpc) is 2.73. The molecule has 1 heterocycles. The van der Waals surface area contributed by atoms with Gasteiger partial charge in [0, 0.05) is 11.6 Å². The Morgan fingerprint density at radius 2 is 1.90 bits per heavy atom. The van der Waals surface area contributed by atoms with Gasteiger partial charge < -0.3 is 10.3 Å². The highest BCUT2D eigenvalue weighted by atomic mass is 32.2. The number of rotatable bonds is 5. The molecule has 2 aromatic rings. The molecule has 0 bridgehead atoms. The van der Waals surface area contributed by atoms with Crippen LogP contribution in [0.5, 0.6) is 0 Å². The number of benzene rings is 1. The quantitative estimate of drug-likeness (QED) is 0.892. The van der Waals surface area contributed by atoms with E-state index >= 15 is 0 Å². The van der Waals surface area contributed by atoms with E-state index in [4.69, 9.17) is 10.3 Å². The van der Waals surface area contributed by atoms with Crippen LogP contribution in [-0.2, 0) is 21.3 Å². The summed E-state index contributed by atoms with van der Waals surface area (Å²) in [6.07, 6.45) is 0. The van der Waals surface area contributed by atoms with E-state index in [0.717, 1.165) is 0 Å². The summed E-state index contributed by atoms with van der Waals surface area (Å²) in [6, 6.07) is 7.76. The number of aryl methyl sites for hydroxylation is 1. The predicted molar refractivity (Wildman–Crippen MR) is 72.5 cm³/mol. The van der Waals surface area contributed by atoms with Crippen LogP contribution in [0.4, 0.5) is 0 Å². The maximum atomic E-state index is 12.0. The third-order valence-electron chi connectivity index (χ3n) is 2.67. The second kappa shape index (κ2) is 5.46. The van der Waals surface area contributed by atoms with E-state index in [1.165, 1.54) is 12.1 Å². The number of sulfone groups is 1. The molecule has 0 radical (unpaired) electrons. The zero-order chi connectivity index (χ0) is 14.8. The van der Waals surface area contributed by atoms with Gasteiger partial charge in [0.2, 0.25) is 5.91 Å². The van der Waals surface area contributed by atoms with Crippen LogP contribution in [0.15, 0.2) is 34.9 Å². The number of primary amides is 1. The summed E-state index contributed by atoms with van der Waals surface area (Å²) in [7, 11) is -3.35. The van der Waals surface area contributed by atoms with E-state index < -0.39 is 15.7 Å². The molecule has 1 amide bonds. The van der Waals surface area contributed by atoms with Gasteiger partial charge in [-0.05, 0) is 24.6 Å². The number of aromatic nitrogens is 1. The molecule has 0 aliphatic heterocycles. The highest BCUT2D eigenvalue weighted by Crippen LogP contribution is 2.13. The number of amides is 1. The summed E-state index contributed by atoms with van der Waals surface area (Å²) in [5, 5.41) is 3.66. The van der Waals surface area contributed by atoms with Crippen molar-refractivity contribution in [2.24, 2.45) is 5.73 Å². The Hall–Kier alpha value is -2.15. The lowest BCUT2D eigenvalue weighted by molar-refractivity contribution is 0.100. The summed E-state index contributed by atoms with van der Waals surface area (Å²) in [5.74, 6) is -0.279. The summed E-state index contributed by atoms with van der Waals surface area (Å²) < 4.78 is 28.9. The lowest BCUT2D eigenvalue weighted by Crippen LogP contribution is -2.11. The van der Waals surface area contributed by atoms with Crippen LogP contribution < -0.4 is 5.73 Å². The van der Waals surface area contributed by atoms with E-state index in [1.54, 1.807) is 25.1 Å². The van der Waals surface area contributed by atoms with Gasteiger partial charge in [0.25, 0.3) is 0 Å². The molecule has 0 aliphatic carbocycles. The highest BCUT2D eigenvalue weighted by Gasteiger charge is 2.16. The van der Waals surface area contributed by atoms with Gasteiger partial charge in [0.05, 0.1) is 17.2 Å². The van der Waals surface area contributed by atoms with E-state index in [-0.39, 0.29) is 11.5 Å². The molecular formula is C13H14N2O4S. The molecule has 0 saturated heterocycles.